The summed E-state index contributed by atoms with van der Waals surface area (Å²) in [5.41, 5.74) is 1.17. The molecular weight excluding hydrogens is 294 g/mol. The van der Waals surface area contributed by atoms with Gasteiger partial charge in [-0.1, -0.05) is 24.2 Å². The molecule has 6 nitrogen and oxygen atoms in total. The van der Waals surface area contributed by atoms with Gasteiger partial charge in [-0.25, -0.2) is 0 Å². The second-order valence-corrected chi connectivity index (χ2v) is 5.81. The molecule has 0 spiro atoms. The van der Waals surface area contributed by atoms with Crippen molar-refractivity contribution in [3.05, 3.63) is 41.5 Å². The summed E-state index contributed by atoms with van der Waals surface area (Å²) in [4.78, 5) is 17.7. The van der Waals surface area contributed by atoms with Crippen LogP contribution in [0.3, 0.4) is 0 Å². The summed E-state index contributed by atoms with van der Waals surface area (Å²) in [6.45, 7) is 5.76. The molecule has 1 aliphatic rings. The minimum Gasteiger partial charge on any atom is -0.493 e. The van der Waals surface area contributed by atoms with Crippen molar-refractivity contribution < 1.29 is 14.1 Å². The number of benzene rings is 1. The van der Waals surface area contributed by atoms with Crippen LogP contribution in [-0.2, 0) is 11.2 Å². The summed E-state index contributed by atoms with van der Waals surface area (Å²) in [5.74, 6) is 2.46. The molecule has 3 rings (SSSR count). The van der Waals surface area contributed by atoms with Gasteiger partial charge in [-0.05, 0) is 24.6 Å². The molecule has 0 aliphatic carbocycles. The van der Waals surface area contributed by atoms with Gasteiger partial charge >= 0.3 is 0 Å². The fraction of sp³-hybridized carbons (Fsp3) is 0.471. The van der Waals surface area contributed by atoms with Crippen LogP contribution in [0.15, 0.2) is 28.8 Å². The van der Waals surface area contributed by atoms with E-state index in [0.717, 1.165) is 5.75 Å². The van der Waals surface area contributed by atoms with Crippen LogP contribution in [0.1, 0.15) is 36.5 Å². The van der Waals surface area contributed by atoms with Crippen molar-refractivity contribution in [1.82, 2.24) is 15.0 Å². The highest BCUT2D eigenvalue weighted by Gasteiger charge is 2.34. The zero-order chi connectivity index (χ0) is 16.2. The Bertz CT molecular complexity index is 677. The van der Waals surface area contributed by atoms with E-state index in [0.29, 0.717) is 44.3 Å². The predicted octanol–water partition coefficient (Wildman–Crippen LogP) is 2.34. The smallest absolute Gasteiger partial charge is 0.233 e. The highest BCUT2D eigenvalue weighted by molar-refractivity contribution is 5.76. The van der Waals surface area contributed by atoms with Gasteiger partial charge in [0.25, 0.3) is 0 Å². The minimum atomic E-state index is 0.171. The fourth-order valence-corrected chi connectivity index (χ4v) is 2.56. The van der Waals surface area contributed by atoms with Gasteiger partial charge in [0.1, 0.15) is 5.75 Å². The standard InChI is InChI=1S/C17H21N3O3/c1-3-16(21)20-10-13(11-20)17-18-15(19-23-17)7-8-22-14-6-4-5-12(2)9-14/h4-6,9,13H,3,7-8,10-11H2,1-2H3. The third-order valence-electron chi connectivity index (χ3n) is 3.95. The van der Waals surface area contributed by atoms with E-state index in [2.05, 4.69) is 10.1 Å². The average Bonchev–Trinajstić information content (AvgIpc) is 2.94. The lowest BCUT2D eigenvalue weighted by molar-refractivity contribution is -0.135. The highest BCUT2D eigenvalue weighted by atomic mass is 16.5. The zero-order valence-electron chi connectivity index (χ0n) is 13.5. The van der Waals surface area contributed by atoms with Crippen molar-refractivity contribution in [2.75, 3.05) is 19.7 Å². The Morgan fingerprint density at radius 1 is 1.43 bits per heavy atom. The number of hydrogen-bond acceptors (Lipinski definition) is 5. The molecule has 122 valence electrons. The molecule has 23 heavy (non-hydrogen) atoms. The molecule has 0 N–H and O–H groups in total. The summed E-state index contributed by atoms with van der Waals surface area (Å²) in [5, 5.41) is 3.99. The number of hydrogen-bond donors (Lipinski definition) is 0. The predicted molar refractivity (Wildman–Crippen MR) is 84.3 cm³/mol. The third kappa shape index (κ3) is 3.70. The summed E-state index contributed by atoms with van der Waals surface area (Å²) >= 11 is 0. The van der Waals surface area contributed by atoms with Gasteiger partial charge in [-0.2, -0.15) is 4.98 Å². The lowest BCUT2D eigenvalue weighted by Crippen LogP contribution is -2.48. The first kappa shape index (κ1) is 15.5. The number of nitrogens with zero attached hydrogens (tertiary/aromatic N) is 3. The largest absolute Gasteiger partial charge is 0.493 e. The van der Waals surface area contributed by atoms with Crippen molar-refractivity contribution in [3.63, 3.8) is 0 Å². The van der Waals surface area contributed by atoms with Crippen LogP contribution in [0.5, 0.6) is 5.75 Å². The summed E-state index contributed by atoms with van der Waals surface area (Å²) in [6, 6.07) is 7.93. The summed E-state index contributed by atoms with van der Waals surface area (Å²) in [7, 11) is 0. The Morgan fingerprint density at radius 2 is 2.26 bits per heavy atom. The Kier molecular flexibility index (Phi) is 4.60. The van der Waals surface area contributed by atoms with Crippen LogP contribution in [0.4, 0.5) is 0 Å². The van der Waals surface area contributed by atoms with Crippen molar-refractivity contribution in [2.45, 2.75) is 32.6 Å². The normalized spacial score (nSPS) is 14.6. The molecule has 1 amide bonds. The number of aryl methyl sites for hydroxylation is 1. The highest BCUT2D eigenvalue weighted by Crippen LogP contribution is 2.26. The second kappa shape index (κ2) is 6.81. The maximum absolute atomic E-state index is 11.5. The van der Waals surface area contributed by atoms with Crippen LogP contribution in [0.2, 0.25) is 0 Å². The van der Waals surface area contributed by atoms with E-state index >= 15 is 0 Å². The van der Waals surface area contributed by atoms with Crippen LogP contribution in [0.25, 0.3) is 0 Å². The molecule has 1 aromatic carbocycles. The summed E-state index contributed by atoms with van der Waals surface area (Å²) < 4.78 is 11.0. The Hall–Kier alpha value is -2.37. The van der Waals surface area contributed by atoms with Crippen molar-refractivity contribution in [3.8, 4) is 5.75 Å². The van der Waals surface area contributed by atoms with E-state index in [9.17, 15) is 4.79 Å². The lowest BCUT2D eigenvalue weighted by Gasteiger charge is -2.36. The average molecular weight is 315 g/mol. The Balaban J connectivity index is 1.46. The number of amides is 1. The maximum Gasteiger partial charge on any atom is 0.233 e. The first-order valence-corrected chi connectivity index (χ1v) is 7.95. The molecule has 1 fully saturated rings. The molecule has 0 bridgehead atoms. The van der Waals surface area contributed by atoms with E-state index in [-0.39, 0.29) is 11.8 Å². The van der Waals surface area contributed by atoms with E-state index in [1.54, 1.807) is 0 Å². The van der Waals surface area contributed by atoms with E-state index in [4.69, 9.17) is 9.26 Å². The van der Waals surface area contributed by atoms with Gasteiger partial charge in [0.2, 0.25) is 11.8 Å². The first-order valence-electron chi connectivity index (χ1n) is 7.95. The van der Waals surface area contributed by atoms with Gasteiger partial charge in [0.15, 0.2) is 5.82 Å². The molecule has 1 aliphatic heterocycles. The Morgan fingerprint density at radius 3 is 3.00 bits per heavy atom. The third-order valence-corrected chi connectivity index (χ3v) is 3.95. The van der Waals surface area contributed by atoms with Crippen molar-refractivity contribution in [1.29, 1.82) is 0 Å². The molecule has 0 atom stereocenters. The summed E-state index contributed by atoms with van der Waals surface area (Å²) in [6.07, 6.45) is 1.14. The number of ether oxygens (including phenoxy) is 1. The van der Waals surface area contributed by atoms with Crippen molar-refractivity contribution in [2.24, 2.45) is 0 Å². The fourth-order valence-electron chi connectivity index (χ4n) is 2.56. The minimum absolute atomic E-state index is 0.171. The van der Waals surface area contributed by atoms with Crippen LogP contribution >= 0.6 is 0 Å². The monoisotopic (exact) mass is 315 g/mol. The van der Waals surface area contributed by atoms with Gasteiger partial charge in [0.05, 0.1) is 12.5 Å². The van der Waals surface area contributed by atoms with E-state index in [1.807, 2.05) is 43.0 Å². The zero-order valence-corrected chi connectivity index (χ0v) is 13.5. The maximum atomic E-state index is 11.5. The molecule has 0 unspecified atom stereocenters. The molecule has 0 saturated carbocycles. The van der Waals surface area contributed by atoms with E-state index in [1.165, 1.54) is 5.56 Å². The van der Waals surface area contributed by atoms with E-state index < -0.39 is 0 Å². The molecule has 1 aromatic heterocycles. The number of rotatable bonds is 6. The quantitative estimate of drug-likeness (QED) is 0.818. The van der Waals surface area contributed by atoms with Crippen LogP contribution < -0.4 is 4.74 Å². The van der Waals surface area contributed by atoms with Gasteiger partial charge in [-0.3, -0.25) is 4.79 Å². The van der Waals surface area contributed by atoms with Crippen molar-refractivity contribution >= 4 is 5.91 Å². The topological polar surface area (TPSA) is 68.5 Å². The molecule has 2 aromatic rings. The van der Waals surface area contributed by atoms with Gasteiger partial charge in [-0.15, -0.1) is 0 Å². The molecular formula is C17H21N3O3. The second-order valence-electron chi connectivity index (χ2n) is 5.81. The number of carbonyl (C=O) groups is 1. The lowest BCUT2D eigenvalue weighted by atomic mass is 10.00. The SMILES string of the molecule is CCC(=O)N1CC(c2nc(CCOc3cccc(C)c3)no2)C1. The van der Waals surface area contributed by atoms with Crippen LogP contribution in [-0.4, -0.2) is 40.6 Å². The molecule has 1 saturated heterocycles. The number of likely N-dealkylation sites (tertiary alicyclic amines) is 1. The van der Waals surface area contributed by atoms with Gasteiger partial charge in [0, 0.05) is 25.9 Å². The number of carbonyl (C=O) groups excluding carboxylic acids is 1. The van der Waals surface area contributed by atoms with Crippen LogP contribution in [0, 0.1) is 6.92 Å². The van der Waals surface area contributed by atoms with Gasteiger partial charge < -0.3 is 14.2 Å². The first-order chi connectivity index (χ1) is 11.2. The molecule has 0 radical (unpaired) electrons. The Labute approximate surface area is 135 Å². The molecule has 2 heterocycles. The number of aromatic nitrogens is 2. The molecule has 6 heteroatoms.